The average Bonchev–Trinajstić information content (AvgIpc) is 2.29. The number of rotatable bonds is 1. The number of hydrogen-bond acceptors (Lipinski definition) is 2. The fourth-order valence-electron chi connectivity index (χ4n) is 2.89. The van der Waals surface area contributed by atoms with Crippen molar-refractivity contribution in [3.8, 4) is 0 Å². The van der Waals surface area contributed by atoms with Crippen LogP contribution in [0.1, 0.15) is 17.5 Å². The second-order valence-electron chi connectivity index (χ2n) is 4.57. The Kier molecular flexibility index (Phi) is 2.01. The van der Waals surface area contributed by atoms with Crippen LogP contribution in [0.25, 0.3) is 0 Å². The van der Waals surface area contributed by atoms with E-state index in [0.29, 0.717) is 0 Å². The molecule has 1 atom stereocenters. The number of anilines is 1. The molecule has 78 valence electrons. The quantitative estimate of drug-likeness (QED) is 0.646. The van der Waals surface area contributed by atoms with E-state index in [2.05, 4.69) is 23.1 Å². The summed E-state index contributed by atoms with van der Waals surface area (Å²) >= 11 is 0. The van der Waals surface area contributed by atoms with Crippen molar-refractivity contribution in [2.45, 2.75) is 19.3 Å². The fourth-order valence-corrected chi connectivity index (χ4v) is 2.89. The Hall–Kier alpha value is -1.31. The highest BCUT2D eigenvalue weighted by Gasteiger charge is 2.27. The van der Waals surface area contributed by atoms with E-state index in [1.807, 2.05) is 0 Å². The van der Waals surface area contributed by atoms with Crippen LogP contribution in [0.5, 0.6) is 0 Å². The maximum absolute atomic E-state index is 10.9. The molecule has 0 fully saturated rings. The van der Waals surface area contributed by atoms with E-state index in [-0.39, 0.29) is 5.92 Å². The summed E-state index contributed by atoms with van der Waals surface area (Å²) < 4.78 is 0. The van der Waals surface area contributed by atoms with Crippen LogP contribution in [0.2, 0.25) is 0 Å². The molecule has 15 heavy (non-hydrogen) atoms. The average molecular weight is 201 g/mol. The molecule has 0 aromatic heterocycles. The van der Waals surface area contributed by atoms with Crippen molar-refractivity contribution in [1.29, 1.82) is 0 Å². The number of carbonyl (C=O) groups excluding carboxylic acids is 1. The molecule has 0 N–H and O–H groups in total. The van der Waals surface area contributed by atoms with Gasteiger partial charge in [-0.25, -0.2) is 0 Å². The van der Waals surface area contributed by atoms with E-state index < -0.39 is 0 Å². The molecule has 1 aromatic rings. The monoisotopic (exact) mass is 201 g/mol. The van der Waals surface area contributed by atoms with Crippen molar-refractivity contribution in [2.24, 2.45) is 5.92 Å². The zero-order valence-corrected chi connectivity index (χ0v) is 8.78. The summed E-state index contributed by atoms with van der Waals surface area (Å²) in [6.45, 7) is 2.04. The predicted molar refractivity (Wildman–Crippen MR) is 60.2 cm³/mol. The number of para-hydroxylation sites is 1. The molecule has 2 aliphatic rings. The largest absolute Gasteiger partial charge is 0.370 e. The van der Waals surface area contributed by atoms with Gasteiger partial charge in [-0.1, -0.05) is 18.2 Å². The van der Waals surface area contributed by atoms with Crippen LogP contribution in [0, 0.1) is 5.92 Å². The van der Waals surface area contributed by atoms with Gasteiger partial charge in [-0.3, -0.25) is 0 Å². The topological polar surface area (TPSA) is 20.3 Å². The van der Waals surface area contributed by atoms with Crippen LogP contribution in [-0.4, -0.2) is 19.4 Å². The molecule has 0 spiro atoms. The SMILES string of the molecule is O=CC1Cc2cccc3c2N(CCC3)C1. The van der Waals surface area contributed by atoms with E-state index in [9.17, 15) is 4.79 Å². The molecule has 1 aromatic carbocycles. The van der Waals surface area contributed by atoms with Crippen LogP contribution >= 0.6 is 0 Å². The van der Waals surface area contributed by atoms with Gasteiger partial charge in [-0.2, -0.15) is 0 Å². The number of aldehydes is 1. The lowest BCUT2D eigenvalue weighted by Gasteiger charge is -2.38. The predicted octanol–water partition coefficient (Wildman–Crippen LogP) is 1.81. The Morgan fingerprint density at radius 1 is 1.33 bits per heavy atom. The molecule has 0 radical (unpaired) electrons. The first-order valence-corrected chi connectivity index (χ1v) is 5.69. The van der Waals surface area contributed by atoms with E-state index in [1.54, 1.807) is 0 Å². The lowest BCUT2D eigenvalue weighted by molar-refractivity contribution is -0.110. The van der Waals surface area contributed by atoms with Crippen molar-refractivity contribution in [1.82, 2.24) is 0 Å². The normalized spacial score (nSPS) is 23.5. The fraction of sp³-hybridized carbons (Fsp3) is 0.462. The standard InChI is InChI=1S/C13H15NO/c15-9-10-7-12-4-1-3-11-5-2-6-14(8-10)13(11)12/h1,3-4,9-10H,2,5-8H2. The van der Waals surface area contributed by atoms with Crippen molar-refractivity contribution in [3.63, 3.8) is 0 Å². The lowest BCUT2D eigenvalue weighted by Crippen LogP contribution is -2.39. The van der Waals surface area contributed by atoms with Crippen LogP contribution in [0.15, 0.2) is 18.2 Å². The van der Waals surface area contributed by atoms with Gasteiger partial charge in [-0.15, -0.1) is 0 Å². The third-order valence-electron chi connectivity index (χ3n) is 3.52. The van der Waals surface area contributed by atoms with E-state index in [1.165, 1.54) is 29.7 Å². The van der Waals surface area contributed by atoms with Gasteiger partial charge < -0.3 is 9.69 Å². The number of benzene rings is 1. The molecule has 1 unspecified atom stereocenters. The molecule has 2 aliphatic heterocycles. The Morgan fingerprint density at radius 2 is 2.20 bits per heavy atom. The highest BCUT2D eigenvalue weighted by atomic mass is 16.1. The van der Waals surface area contributed by atoms with Crippen molar-refractivity contribution in [2.75, 3.05) is 18.0 Å². The maximum atomic E-state index is 10.9. The van der Waals surface area contributed by atoms with Gasteiger partial charge in [-0.05, 0) is 30.4 Å². The molecular formula is C13H15NO. The Balaban J connectivity index is 2.09. The Bertz CT molecular complexity index is 400. The summed E-state index contributed by atoms with van der Waals surface area (Å²) in [5.74, 6) is 0.200. The lowest BCUT2D eigenvalue weighted by atomic mass is 9.88. The smallest absolute Gasteiger partial charge is 0.125 e. The minimum atomic E-state index is 0.200. The van der Waals surface area contributed by atoms with Crippen molar-refractivity contribution < 1.29 is 4.79 Å². The number of hydrogen-bond donors (Lipinski definition) is 0. The molecule has 0 bridgehead atoms. The third kappa shape index (κ3) is 1.36. The molecule has 2 heterocycles. The van der Waals surface area contributed by atoms with Gasteiger partial charge in [0.1, 0.15) is 6.29 Å². The van der Waals surface area contributed by atoms with Crippen LogP contribution in [0.3, 0.4) is 0 Å². The third-order valence-corrected chi connectivity index (χ3v) is 3.52. The second kappa shape index (κ2) is 3.37. The molecule has 0 amide bonds. The zero-order chi connectivity index (χ0) is 10.3. The maximum Gasteiger partial charge on any atom is 0.125 e. The number of aryl methyl sites for hydroxylation is 1. The van der Waals surface area contributed by atoms with Crippen molar-refractivity contribution >= 4 is 12.0 Å². The van der Waals surface area contributed by atoms with Gasteiger partial charge in [0.05, 0.1) is 0 Å². The second-order valence-corrected chi connectivity index (χ2v) is 4.57. The zero-order valence-electron chi connectivity index (χ0n) is 8.78. The van der Waals surface area contributed by atoms with Gasteiger partial charge in [0.15, 0.2) is 0 Å². The summed E-state index contributed by atoms with van der Waals surface area (Å²) in [7, 11) is 0. The molecule has 0 saturated carbocycles. The first kappa shape index (κ1) is 8.96. The van der Waals surface area contributed by atoms with Gasteiger partial charge in [0.2, 0.25) is 0 Å². The van der Waals surface area contributed by atoms with E-state index in [4.69, 9.17) is 0 Å². The minimum Gasteiger partial charge on any atom is -0.370 e. The summed E-state index contributed by atoms with van der Waals surface area (Å²) in [5.41, 5.74) is 4.28. The Morgan fingerprint density at radius 3 is 3.07 bits per heavy atom. The molecule has 0 saturated heterocycles. The van der Waals surface area contributed by atoms with Crippen LogP contribution in [-0.2, 0) is 17.6 Å². The molecule has 0 aliphatic carbocycles. The number of nitrogens with zero attached hydrogens (tertiary/aromatic N) is 1. The van der Waals surface area contributed by atoms with E-state index >= 15 is 0 Å². The van der Waals surface area contributed by atoms with Crippen molar-refractivity contribution in [3.05, 3.63) is 29.3 Å². The summed E-state index contributed by atoms with van der Waals surface area (Å²) in [6, 6.07) is 6.53. The van der Waals surface area contributed by atoms with Gasteiger partial charge in [0.25, 0.3) is 0 Å². The van der Waals surface area contributed by atoms with Crippen LogP contribution < -0.4 is 4.90 Å². The number of carbonyl (C=O) groups is 1. The van der Waals surface area contributed by atoms with Crippen LogP contribution in [0.4, 0.5) is 5.69 Å². The van der Waals surface area contributed by atoms with Gasteiger partial charge in [0, 0.05) is 24.7 Å². The highest BCUT2D eigenvalue weighted by molar-refractivity contribution is 5.67. The van der Waals surface area contributed by atoms with Gasteiger partial charge >= 0.3 is 0 Å². The van der Waals surface area contributed by atoms with E-state index in [0.717, 1.165) is 25.8 Å². The summed E-state index contributed by atoms with van der Waals surface area (Å²) in [4.78, 5) is 13.3. The first-order valence-electron chi connectivity index (χ1n) is 5.69. The summed E-state index contributed by atoms with van der Waals surface area (Å²) in [5, 5.41) is 0. The molecular weight excluding hydrogens is 186 g/mol. The molecule has 2 nitrogen and oxygen atoms in total. The first-order chi connectivity index (χ1) is 7.38. The minimum absolute atomic E-state index is 0.200. The molecule has 2 heteroatoms. The highest BCUT2D eigenvalue weighted by Crippen LogP contribution is 2.35. The Labute approximate surface area is 89.9 Å². The summed E-state index contributed by atoms with van der Waals surface area (Å²) in [6.07, 6.45) is 4.47. The molecule has 3 rings (SSSR count).